The van der Waals surface area contributed by atoms with Crippen LogP contribution in [0, 0.1) is 0 Å². The minimum atomic E-state index is -0.207. The van der Waals surface area contributed by atoms with Gasteiger partial charge in [0.25, 0.3) is 5.91 Å². The fourth-order valence-corrected chi connectivity index (χ4v) is 1.87. The van der Waals surface area contributed by atoms with Gasteiger partial charge in [-0.25, -0.2) is 0 Å². The van der Waals surface area contributed by atoms with Gasteiger partial charge in [0.1, 0.15) is 0 Å². The van der Waals surface area contributed by atoms with Crippen molar-refractivity contribution in [2.75, 3.05) is 11.1 Å². The molecule has 0 spiro atoms. The number of nitrogen functional groups attached to an aromatic ring is 1. The maximum atomic E-state index is 11.9. The van der Waals surface area contributed by atoms with Crippen LogP contribution in [-0.2, 0) is 0 Å². The van der Waals surface area contributed by atoms with E-state index < -0.39 is 0 Å². The van der Waals surface area contributed by atoms with E-state index in [1.807, 2.05) is 24.3 Å². The number of carbonyl (C=O) groups is 1. The maximum absolute atomic E-state index is 11.9. The molecule has 17 heavy (non-hydrogen) atoms. The average molecular weight is 291 g/mol. The molecule has 2 aromatic carbocycles. The molecule has 3 N–H and O–H groups in total. The predicted molar refractivity (Wildman–Crippen MR) is 72.9 cm³/mol. The van der Waals surface area contributed by atoms with Crippen LogP contribution >= 0.6 is 15.9 Å². The third-order valence-electron chi connectivity index (χ3n) is 2.29. The number of hydrogen-bond acceptors (Lipinski definition) is 2. The summed E-state index contributed by atoms with van der Waals surface area (Å²) in [6, 6.07) is 14.4. The summed E-state index contributed by atoms with van der Waals surface area (Å²) in [5, 5.41) is 2.79. The highest BCUT2D eigenvalue weighted by Gasteiger charge is 2.08. The summed E-state index contributed by atoms with van der Waals surface area (Å²) in [5.41, 5.74) is 7.42. The van der Waals surface area contributed by atoms with E-state index in [1.54, 1.807) is 24.3 Å². The van der Waals surface area contributed by atoms with E-state index in [0.717, 1.165) is 10.2 Å². The van der Waals surface area contributed by atoms with Crippen LogP contribution in [0.1, 0.15) is 10.4 Å². The standard InChI is InChI=1S/C13H11BrN2O/c14-9-4-3-5-10(8-9)16-13(17)11-6-1-2-7-12(11)15/h1-8H,15H2,(H,16,17). The molecule has 0 unspecified atom stereocenters. The monoisotopic (exact) mass is 290 g/mol. The van der Waals surface area contributed by atoms with Crippen molar-refractivity contribution in [2.45, 2.75) is 0 Å². The third kappa shape index (κ3) is 2.85. The van der Waals surface area contributed by atoms with Gasteiger partial charge in [0.15, 0.2) is 0 Å². The summed E-state index contributed by atoms with van der Waals surface area (Å²) < 4.78 is 0.913. The molecule has 0 aliphatic carbocycles. The summed E-state index contributed by atoms with van der Waals surface area (Å²) >= 11 is 3.35. The second-order valence-corrected chi connectivity index (χ2v) is 4.47. The van der Waals surface area contributed by atoms with Gasteiger partial charge >= 0.3 is 0 Å². The zero-order valence-corrected chi connectivity index (χ0v) is 10.6. The second-order valence-electron chi connectivity index (χ2n) is 3.55. The van der Waals surface area contributed by atoms with Gasteiger partial charge in [-0.2, -0.15) is 0 Å². The van der Waals surface area contributed by atoms with Crippen LogP contribution < -0.4 is 11.1 Å². The Hall–Kier alpha value is -1.81. The smallest absolute Gasteiger partial charge is 0.257 e. The summed E-state index contributed by atoms with van der Waals surface area (Å²) in [5.74, 6) is -0.207. The molecule has 0 atom stereocenters. The van der Waals surface area contributed by atoms with E-state index in [-0.39, 0.29) is 5.91 Å². The van der Waals surface area contributed by atoms with E-state index in [1.165, 1.54) is 0 Å². The number of amides is 1. The lowest BCUT2D eigenvalue weighted by Crippen LogP contribution is -2.13. The summed E-state index contributed by atoms with van der Waals surface area (Å²) in [4.78, 5) is 11.9. The van der Waals surface area contributed by atoms with Crippen molar-refractivity contribution in [3.63, 3.8) is 0 Å². The fourth-order valence-electron chi connectivity index (χ4n) is 1.47. The van der Waals surface area contributed by atoms with Crippen LogP contribution in [0.3, 0.4) is 0 Å². The molecule has 0 bridgehead atoms. The Morgan fingerprint density at radius 2 is 1.88 bits per heavy atom. The molecule has 4 heteroatoms. The van der Waals surface area contributed by atoms with Crippen molar-refractivity contribution in [3.8, 4) is 0 Å². The Morgan fingerprint density at radius 1 is 1.12 bits per heavy atom. The normalized spacial score (nSPS) is 9.94. The third-order valence-corrected chi connectivity index (χ3v) is 2.78. The quantitative estimate of drug-likeness (QED) is 0.834. The van der Waals surface area contributed by atoms with Crippen LogP contribution in [0.4, 0.5) is 11.4 Å². The molecule has 0 aliphatic heterocycles. The number of hydrogen-bond donors (Lipinski definition) is 2. The van der Waals surface area contributed by atoms with Crippen LogP contribution in [0.15, 0.2) is 53.0 Å². The summed E-state index contributed by atoms with van der Waals surface area (Å²) in [6.45, 7) is 0. The van der Waals surface area contributed by atoms with Crippen LogP contribution in [0.5, 0.6) is 0 Å². The molecule has 3 nitrogen and oxygen atoms in total. The van der Waals surface area contributed by atoms with Crippen LogP contribution in [0.2, 0.25) is 0 Å². The van der Waals surface area contributed by atoms with Gasteiger partial charge in [-0.1, -0.05) is 34.1 Å². The minimum absolute atomic E-state index is 0.207. The van der Waals surface area contributed by atoms with Gasteiger partial charge in [0, 0.05) is 15.8 Å². The summed E-state index contributed by atoms with van der Waals surface area (Å²) in [6.07, 6.45) is 0. The molecule has 2 aromatic rings. The molecule has 0 aliphatic rings. The molecule has 2 rings (SSSR count). The van der Waals surface area contributed by atoms with Crippen molar-refractivity contribution in [2.24, 2.45) is 0 Å². The number of nitrogens with one attached hydrogen (secondary N) is 1. The van der Waals surface area contributed by atoms with Gasteiger partial charge in [0.2, 0.25) is 0 Å². The number of para-hydroxylation sites is 1. The van der Waals surface area contributed by atoms with E-state index in [0.29, 0.717) is 11.3 Å². The number of halogens is 1. The van der Waals surface area contributed by atoms with Gasteiger partial charge in [0.05, 0.1) is 5.56 Å². The minimum Gasteiger partial charge on any atom is -0.398 e. The van der Waals surface area contributed by atoms with Gasteiger partial charge < -0.3 is 11.1 Å². The lowest BCUT2D eigenvalue weighted by Gasteiger charge is -2.07. The Morgan fingerprint density at radius 3 is 2.59 bits per heavy atom. The van der Waals surface area contributed by atoms with Gasteiger partial charge in [-0.05, 0) is 30.3 Å². The molecule has 0 fully saturated rings. The SMILES string of the molecule is Nc1ccccc1C(=O)Nc1cccc(Br)c1. The van der Waals surface area contributed by atoms with E-state index >= 15 is 0 Å². The zero-order chi connectivity index (χ0) is 12.3. The lowest BCUT2D eigenvalue weighted by atomic mass is 10.1. The molecule has 0 aromatic heterocycles. The lowest BCUT2D eigenvalue weighted by molar-refractivity contribution is 0.102. The highest BCUT2D eigenvalue weighted by molar-refractivity contribution is 9.10. The molecular formula is C13H11BrN2O. The summed E-state index contributed by atoms with van der Waals surface area (Å²) in [7, 11) is 0. The van der Waals surface area contributed by atoms with Crippen molar-refractivity contribution >= 4 is 33.2 Å². The molecule has 1 amide bonds. The highest BCUT2D eigenvalue weighted by atomic mass is 79.9. The fraction of sp³-hybridized carbons (Fsp3) is 0. The Labute approximate surface area is 108 Å². The van der Waals surface area contributed by atoms with Crippen molar-refractivity contribution in [1.82, 2.24) is 0 Å². The first-order chi connectivity index (χ1) is 8.16. The van der Waals surface area contributed by atoms with E-state index in [4.69, 9.17) is 5.73 Å². The number of anilines is 2. The number of nitrogens with two attached hydrogens (primary N) is 1. The first kappa shape index (κ1) is 11.7. The van der Waals surface area contributed by atoms with Crippen LogP contribution in [0.25, 0.3) is 0 Å². The number of benzene rings is 2. The zero-order valence-electron chi connectivity index (χ0n) is 8.98. The highest BCUT2D eigenvalue weighted by Crippen LogP contribution is 2.18. The van der Waals surface area contributed by atoms with Crippen molar-refractivity contribution < 1.29 is 4.79 Å². The van der Waals surface area contributed by atoms with E-state index in [2.05, 4.69) is 21.2 Å². The predicted octanol–water partition coefficient (Wildman–Crippen LogP) is 3.28. The van der Waals surface area contributed by atoms with Gasteiger partial charge in [-0.15, -0.1) is 0 Å². The topological polar surface area (TPSA) is 55.1 Å². The number of carbonyl (C=O) groups excluding carboxylic acids is 1. The molecule has 0 saturated carbocycles. The Kier molecular flexibility index (Phi) is 3.44. The molecule has 0 radical (unpaired) electrons. The van der Waals surface area contributed by atoms with Crippen LogP contribution in [-0.4, -0.2) is 5.91 Å². The average Bonchev–Trinajstić information content (AvgIpc) is 2.29. The molecular weight excluding hydrogens is 280 g/mol. The first-order valence-corrected chi connectivity index (χ1v) is 5.87. The first-order valence-electron chi connectivity index (χ1n) is 5.08. The second kappa shape index (κ2) is 5.01. The maximum Gasteiger partial charge on any atom is 0.257 e. The van der Waals surface area contributed by atoms with Crippen molar-refractivity contribution in [1.29, 1.82) is 0 Å². The largest absolute Gasteiger partial charge is 0.398 e. The van der Waals surface area contributed by atoms with Gasteiger partial charge in [-0.3, -0.25) is 4.79 Å². The Bertz CT molecular complexity index is 555. The van der Waals surface area contributed by atoms with E-state index in [9.17, 15) is 4.79 Å². The molecule has 86 valence electrons. The molecule has 0 heterocycles. The number of rotatable bonds is 2. The molecule has 0 saturated heterocycles. The Balaban J connectivity index is 2.20. The van der Waals surface area contributed by atoms with Crippen molar-refractivity contribution in [3.05, 3.63) is 58.6 Å².